The molecule has 0 unspecified atom stereocenters. The molecule has 0 spiro atoms. The Balaban J connectivity index is 1.38. The Kier molecular flexibility index (Phi) is 5.87. The van der Waals surface area contributed by atoms with Crippen molar-refractivity contribution in [2.75, 3.05) is 50.5 Å². The van der Waals surface area contributed by atoms with Crippen LogP contribution in [0.3, 0.4) is 0 Å². The van der Waals surface area contributed by atoms with Crippen molar-refractivity contribution in [1.29, 1.82) is 0 Å². The van der Waals surface area contributed by atoms with Crippen molar-refractivity contribution < 1.29 is 9.53 Å². The van der Waals surface area contributed by atoms with E-state index in [-0.39, 0.29) is 12.5 Å². The molecule has 11 nitrogen and oxygen atoms in total. The monoisotopic (exact) mass is 497 g/mol. The average molecular weight is 498 g/mol. The molecule has 35 heavy (non-hydrogen) atoms. The molecule has 184 valence electrons. The Hall–Kier alpha value is -3.60. The van der Waals surface area contributed by atoms with E-state index in [2.05, 4.69) is 44.1 Å². The second-order valence-electron chi connectivity index (χ2n) is 9.22. The fourth-order valence-electron chi connectivity index (χ4n) is 4.76. The summed E-state index contributed by atoms with van der Waals surface area (Å²) in [4.78, 5) is 30.6. The molecule has 1 aromatic carbocycles. The number of carbonyl (C=O) groups is 1. The van der Waals surface area contributed by atoms with Crippen molar-refractivity contribution in [3.8, 4) is 5.75 Å². The van der Waals surface area contributed by atoms with Gasteiger partial charge < -0.3 is 25.6 Å². The van der Waals surface area contributed by atoms with Gasteiger partial charge in [0.2, 0.25) is 5.91 Å². The number of aliphatic imine (C=N–C) groups is 1. The van der Waals surface area contributed by atoms with E-state index in [0.717, 1.165) is 12.2 Å². The highest BCUT2D eigenvalue weighted by Gasteiger charge is 2.37. The van der Waals surface area contributed by atoms with Crippen LogP contribution in [-0.2, 0) is 11.3 Å². The van der Waals surface area contributed by atoms with Gasteiger partial charge in [0.05, 0.1) is 29.6 Å². The van der Waals surface area contributed by atoms with Crippen LogP contribution in [0, 0.1) is 0 Å². The summed E-state index contributed by atoms with van der Waals surface area (Å²) in [6.45, 7) is 7.46. The van der Waals surface area contributed by atoms with Crippen LogP contribution in [0.2, 0.25) is 5.02 Å². The number of benzene rings is 1. The minimum atomic E-state index is -0.418. The van der Waals surface area contributed by atoms with Gasteiger partial charge in [0.15, 0.2) is 5.65 Å². The molecule has 0 bridgehead atoms. The predicted octanol–water partition coefficient (Wildman–Crippen LogP) is 1.55. The van der Waals surface area contributed by atoms with Crippen molar-refractivity contribution in [1.82, 2.24) is 30.0 Å². The van der Waals surface area contributed by atoms with Crippen molar-refractivity contribution in [3.63, 3.8) is 0 Å². The van der Waals surface area contributed by atoms with Crippen LogP contribution in [0.25, 0.3) is 11.0 Å². The molecule has 0 radical (unpaired) electrons. The van der Waals surface area contributed by atoms with Gasteiger partial charge in [-0.2, -0.15) is 5.10 Å². The number of nitrogen functional groups attached to an aromatic ring is 1. The number of nitrogens with two attached hydrogens (primary N) is 1. The van der Waals surface area contributed by atoms with Gasteiger partial charge in [-0.1, -0.05) is 11.6 Å². The van der Waals surface area contributed by atoms with Crippen molar-refractivity contribution in [2.45, 2.75) is 25.9 Å². The lowest BCUT2D eigenvalue weighted by Crippen LogP contribution is -2.61. The standard InChI is InChI=1S/C23H28ClN9O2/c1-23(2)12-31(14-4-5-15(24)16(10-14)35-3)8-9-32(23)17(34)11-33-22-18(20(25)28-13-29-22)19(30-33)21-26-6-7-27-21/h4-5,10,13H,6-9,11-12H2,1-3H3,(H,26,27)(H2,25,28,29). The van der Waals surface area contributed by atoms with E-state index in [4.69, 9.17) is 22.1 Å². The van der Waals surface area contributed by atoms with Gasteiger partial charge in [-0.15, -0.1) is 0 Å². The first kappa shape index (κ1) is 23.2. The molecule has 3 N–H and O–H groups in total. The zero-order chi connectivity index (χ0) is 24.7. The number of amidine groups is 1. The van der Waals surface area contributed by atoms with Gasteiger partial charge >= 0.3 is 0 Å². The summed E-state index contributed by atoms with van der Waals surface area (Å²) in [5.41, 5.74) is 7.83. The Labute approximate surface area is 207 Å². The van der Waals surface area contributed by atoms with Gasteiger partial charge in [0.25, 0.3) is 0 Å². The average Bonchev–Trinajstić information content (AvgIpc) is 3.48. The number of fused-ring (bicyclic) bond motifs is 1. The number of nitrogens with one attached hydrogen (secondary N) is 1. The topological polar surface area (TPSA) is 127 Å². The van der Waals surface area contributed by atoms with Crippen LogP contribution in [0.15, 0.2) is 29.5 Å². The Morgan fingerprint density at radius 3 is 2.83 bits per heavy atom. The maximum atomic E-state index is 13.5. The minimum absolute atomic E-state index is 0.0401. The zero-order valence-corrected chi connectivity index (χ0v) is 20.7. The predicted molar refractivity (Wildman–Crippen MR) is 135 cm³/mol. The van der Waals surface area contributed by atoms with E-state index in [1.54, 1.807) is 11.8 Å². The van der Waals surface area contributed by atoms with Crippen molar-refractivity contribution >= 4 is 45.9 Å². The van der Waals surface area contributed by atoms with Gasteiger partial charge in [0.1, 0.15) is 36.0 Å². The van der Waals surface area contributed by atoms with Crippen LogP contribution in [0.5, 0.6) is 5.75 Å². The van der Waals surface area contributed by atoms with Crippen molar-refractivity contribution in [3.05, 3.63) is 35.2 Å². The molecule has 2 aromatic heterocycles. The highest BCUT2D eigenvalue weighted by Crippen LogP contribution is 2.32. The molecule has 4 heterocycles. The summed E-state index contributed by atoms with van der Waals surface area (Å²) in [7, 11) is 1.60. The largest absolute Gasteiger partial charge is 0.495 e. The first-order valence-electron chi connectivity index (χ1n) is 11.4. The summed E-state index contributed by atoms with van der Waals surface area (Å²) in [6.07, 6.45) is 1.39. The van der Waals surface area contributed by atoms with E-state index >= 15 is 0 Å². The molecule has 2 aliphatic heterocycles. The molecular weight excluding hydrogens is 470 g/mol. The molecule has 1 amide bonds. The van der Waals surface area contributed by atoms with E-state index in [1.807, 2.05) is 23.1 Å². The molecule has 0 aliphatic carbocycles. The molecular formula is C23H28ClN9O2. The van der Waals surface area contributed by atoms with Gasteiger partial charge in [0, 0.05) is 37.9 Å². The second kappa shape index (κ2) is 8.88. The lowest BCUT2D eigenvalue weighted by molar-refractivity contribution is -0.137. The van der Waals surface area contributed by atoms with Crippen LogP contribution in [0.4, 0.5) is 11.5 Å². The normalized spacial score (nSPS) is 17.4. The van der Waals surface area contributed by atoms with E-state index in [0.29, 0.717) is 65.3 Å². The molecule has 5 rings (SSSR count). The number of amides is 1. The molecule has 12 heteroatoms. The first-order chi connectivity index (χ1) is 16.8. The number of aromatic nitrogens is 4. The summed E-state index contributed by atoms with van der Waals surface area (Å²) in [5.74, 6) is 1.55. The minimum Gasteiger partial charge on any atom is -0.495 e. The summed E-state index contributed by atoms with van der Waals surface area (Å²) in [5, 5.41) is 9.05. The number of anilines is 2. The van der Waals surface area contributed by atoms with Crippen LogP contribution in [-0.4, -0.2) is 81.8 Å². The number of methoxy groups -OCH3 is 1. The zero-order valence-electron chi connectivity index (χ0n) is 20.0. The van der Waals surface area contributed by atoms with Gasteiger partial charge in [-0.25, -0.2) is 14.6 Å². The third kappa shape index (κ3) is 4.20. The quantitative estimate of drug-likeness (QED) is 0.543. The lowest BCUT2D eigenvalue weighted by atomic mass is 9.98. The molecule has 1 fully saturated rings. The summed E-state index contributed by atoms with van der Waals surface area (Å²) < 4.78 is 6.97. The van der Waals surface area contributed by atoms with Crippen LogP contribution < -0.4 is 20.7 Å². The fourth-order valence-corrected chi connectivity index (χ4v) is 4.95. The number of carbonyl (C=O) groups excluding carboxylic acids is 1. The number of nitrogens with zero attached hydrogens (tertiary/aromatic N) is 7. The van der Waals surface area contributed by atoms with E-state index < -0.39 is 5.54 Å². The maximum Gasteiger partial charge on any atom is 0.244 e. The Morgan fingerprint density at radius 2 is 2.11 bits per heavy atom. The highest BCUT2D eigenvalue weighted by molar-refractivity contribution is 6.32. The van der Waals surface area contributed by atoms with Crippen LogP contribution >= 0.6 is 11.6 Å². The number of piperazine rings is 1. The van der Waals surface area contributed by atoms with E-state index in [1.165, 1.54) is 6.33 Å². The smallest absolute Gasteiger partial charge is 0.244 e. The number of rotatable bonds is 5. The Bertz CT molecular complexity index is 1320. The molecule has 0 saturated carbocycles. The number of ether oxygens (including phenoxy) is 1. The number of halogens is 1. The highest BCUT2D eigenvalue weighted by atomic mass is 35.5. The molecule has 3 aromatic rings. The van der Waals surface area contributed by atoms with Crippen molar-refractivity contribution in [2.24, 2.45) is 4.99 Å². The Morgan fingerprint density at radius 1 is 1.29 bits per heavy atom. The second-order valence-corrected chi connectivity index (χ2v) is 9.63. The molecule has 1 saturated heterocycles. The fraction of sp³-hybridized carbons (Fsp3) is 0.435. The summed E-state index contributed by atoms with van der Waals surface area (Å²) in [6, 6.07) is 5.73. The molecule has 2 aliphatic rings. The third-order valence-corrected chi connectivity index (χ3v) is 6.76. The van der Waals surface area contributed by atoms with Gasteiger partial charge in [-0.3, -0.25) is 9.79 Å². The maximum absolute atomic E-state index is 13.5. The molecule has 0 atom stereocenters. The van der Waals surface area contributed by atoms with E-state index in [9.17, 15) is 4.79 Å². The number of hydrogen-bond acceptors (Lipinski definition) is 9. The lowest BCUT2D eigenvalue weighted by Gasteiger charge is -2.48. The van der Waals surface area contributed by atoms with Gasteiger partial charge in [-0.05, 0) is 26.0 Å². The SMILES string of the molecule is COc1cc(N2CCN(C(=O)Cn3nc(C4=NCCN4)c4c(N)ncnc43)C(C)(C)C2)ccc1Cl. The number of hydrogen-bond donors (Lipinski definition) is 2. The summed E-state index contributed by atoms with van der Waals surface area (Å²) >= 11 is 6.19. The third-order valence-electron chi connectivity index (χ3n) is 6.45. The first-order valence-corrected chi connectivity index (χ1v) is 11.8. The van der Waals surface area contributed by atoms with Crippen LogP contribution in [0.1, 0.15) is 19.5 Å².